The molecule has 5 aromatic rings. The predicted octanol–water partition coefficient (Wildman–Crippen LogP) is 7.69. The molecule has 1 aliphatic rings. The molecule has 0 saturated heterocycles. The van der Waals surface area contributed by atoms with Gasteiger partial charge in [-0.05, 0) is 70.6 Å². The van der Waals surface area contributed by atoms with Gasteiger partial charge in [0.05, 0.1) is 0 Å². The Balaban J connectivity index is 1.30. The van der Waals surface area contributed by atoms with Crippen molar-refractivity contribution in [2.45, 2.75) is 15.7 Å². The first-order chi connectivity index (χ1) is 20.0. The number of amides is 1. The molecule has 0 bridgehead atoms. The van der Waals surface area contributed by atoms with E-state index in [9.17, 15) is 13.2 Å². The second-order valence-corrected chi connectivity index (χ2v) is 13.9. The summed E-state index contributed by atoms with van der Waals surface area (Å²) >= 11 is 4.34. The van der Waals surface area contributed by atoms with E-state index in [-0.39, 0.29) is 22.2 Å². The maximum absolute atomic E-state index is 13.4. The molecule has 6 rings (SSSR count). The molecule has 6 nitrogen and oxygen atoms in total. The zero-order chi connectivity index (χ0) is 28.4. The van der Waals surface area contributed by atoms with Crippen LogP contribution in [0.4, 0.5) is 0 Å². The Morgan fingerprint density at radius 2 is 1.71 bits per heavy atom. The third kappa shape index (κ3) is 5.73. The lowest BCUT2D eigenvalue weighted by Gasteiger charge is -2.18. The van der Waals surface area contributed by atoms with E-state index in [4.69, 9.17) is 4.74 Å². The van der Waals surface area contributed by atoms with Crippen LogP contribution < -0.4 is 4.74 Å². The van der Waals surface area contributed by atoms with Crippen LogP contribution in [0.25, 0.3) is 21.6 Å². The molecule has 0 saturated carbocycles. The van der Waals surface area contributed by atoms with Gasteiger partial charge in [-0.1, -0.05) is 48.5 Å². The SMILES string of the molecule is CSc1ccc(OCc2ccccc2)c(-c2ccsc2-c2ccc(C(=O)N(C3=NC3)S(=O)(=O)c3cccs3)cc2)c1. The lowest BCUT2D eigenvalue weighted by Crippen LogP contribution is -2.38. The second kappa shape index (κ2) is 11.7. The van der Waals surface area contributed by atoms with Crippen LogP contribution in [-0.4, -0.2) is 37.3 Å². The number of thioether (sulfide) groups is 1. The molecule has 0 unspecified atom stereocenters. The van der Waals surface area contributed by atoms with Crippen LogP contribution in [0.1, 0.15) is 15.9 Å². The van der Waals surface area contributed by atoms with Gasteiger partial charge < -0.3 is 4.74 Å². The topological polar surface area (TPSA) is 76.0 Å². The van der Waals surface area contributed by atoms with Gasteiger partial charge in [-0.15, -0.1) is 34.4 Å². The van der Waals surface area contributed by atoms with Crippen molar-refractivity contribution in [3.05, 3.63) is 113 Å². The predicted molar refractivity (Wildman–Crippen MR) is 168 cm³/mol. The number of nitrogens with zero attached hydrogens (tertiary/aromatic N) is 2. The number of thiophene rings is 2. The van der Waals surface area contributed by atoms with Crippen LogP contribution in [0.2, 0.25) is 0 Å². The van der Waals surface area contributed by atoms with Gasteiger partial charge in [0.1, 0.15) is 28.9 Å². The van der Waals surface area contributed by atoms with Crippen LogP contribution in [0, 0.1) is 0 Å². The zero-order valence-electron chi connectivity index (χ0n) is 21.9. The van der Waals surface area contributed by atoms with Gasteiger partial charge in [0.25, 0.3) is 15.9 Å². The molecule has 0 fully saturated rings. The first kappa shape index (κ1) is 27.5. The Labute approximate surface area is 251 Å². The fourth-order valence-corrected chi connectivity index (χ4v) is 8.19. The van der Waals surface area contributed by atoms with Gasteiger partial charge in [-0.2, -0.15) is 12.7 Å². The zero-order valence-corrected chi connectivity index (χ0v) is 25.2. The minimum absolute atomic E-state index is 0.109. The van der Waals surface area contributed by atoms with E-state index >= 15 is 0 Å². The Morgan fingerprint density at radius 1 is 0.927 bits per heavy atom. The van der Waals surface area contributed by atoms with Crippen LogP contribution in [-0.2, 0) is 16.6 Å². The maximum Gasteiger partial charge on any atom is 0.281 e. The number of rotatable bonds is 9. The van der Waals surface area contributed by atoms with Crippen LogP contribution >= 0.6 is 34.4 Å². The number of aliphatic imine (C=N–C) groups is 1. The average molecular weight is 617 g/mol. The van der Waals surface area contributed by atoms with E-state index < -0.39 is 15.9 Å². The normalized spacial score (nSPS) is 12.6. The molecular weight excluding hydrogens is 593 g/mol. The highest BCUT2D eigenvalue weighted by atomic mass is 32.2. The van der Waals surface area contributed by atoms with Crippen LogP contribution in [0.5, 0.6) is 5.75 Å². The van der Waals surface area contributed by atoms with Crippen molar-refractivity contribution in [3.63, 3.8) is 0 Å². The number of amidine groups is 1. The molecule has 206 valence electrons. The highest BCUT2D eigenvalue weighted by Gasteiger charge is 2.38. The Hall–Kier alpha value is -3.70. The van der Waals surface area contributed by atoms with E-state index in [1.807, 2.05) is 60.2 Å². The van der Waals surface area contributed by atoms with E-state index in [2.05, 4.69) is 23.2 Å². The molecule has 3 heterocycles. The largest absolute Gasteiger partial charge is 0.488 e. The Kier molecular flexibility index (Phi) is 7.81. The number of hydrogen-bond acceptors (Lipinski definition) is 8. The molecule has 3 aromatic carbocycles. The quantitative estimate of drug-likeness (QED) is 0.159. The highest BCUT2D eigenvalue weighted by molar-refractivity contribution is 7.98. The summed E-state index contributed by atoms with van der Waals surface area (Å²) in [7, 11) is -4.02. The minimum atomic E-state index is -4.02. The molecule has 10 heteroatoms. The molecule has 0 aliphatic carbocycles. The van der Waals surface area contributed by atoms with Crippen molar-refractivity contribution >= 4 is 56.2 Å². The summed E-state index contributed by atoms with van der Waals surface area (Å²) in [6.07, 6.45) is 2.04. The van der Waals surface area contributed by atoms with Gasteiger partial charge in [-0.3, -0.25) is 9.79 Å². The lowest BCUT2D eigenvalue weighted by atomic mass is 10.0. The third-order valence-corrected chi connectivity index (χ3v) is 11.3. The van der Waals surface area contributed by atoms with Crippen molar-refractivity contribution in [1.29, 1.82) is 0 Å². The Morgan fingerprint density at radius 3 is 2.39 bits per heavy atom. The highest BCUT2D eigenvalue weighted by Crippen LogP contribution is 2.42. The lowest BCUT2D eigenvalue weighted by molar-refractivity contribution is 0.0914. The van der Waals surface area contributed by atoms with Crippen molar-refractivity contribution in [2.24, 2.45) is 4.99 Å². The molecule has 1 aliphatic heterocycles. The standard InChI is InChI=1S/C31H24N2O4S4/c1-38-24-13-14-27(37-20-21-6-3-2-4-7-21)26(18-24)25-15-17-40-30(25)22-9-11-23(12-10-22)31(34)33(28-19-32-28)41(35,36)29-8-5-16-39-29/h2-18H,19-20H2,1H3. The van der Waals surface area contributed by atoms with E-state index in [0.717, 1.165) is 53.4 Å². The van der Waals surface area contributed by atoms with E-state index in [1.165, 1.54) is 6.07 Å². The molecule has 0 spiro atoms. The number of sulfonamides is 1. The number of hydrogen-bond donors (Lipinski definition) is 0. The van der Waals surface area contributed by atoms with E-state index in [1.54, 1.807) is 46.7 Å². The van der Waals surface area contributed by atoms with Gasteiger partial charge >= 0.3 is 0 Å². The fourth-order valence-electron chi connectivity index (χ4n) is 4.36. The molecule has 0 radical (unpaired) electrons. The monoisotopic (exact) mass is 616 g/mol. The second-order valence-electron chi connectivity index (χ2n) is 9.12. The number of carbonyl (C=O) groups excluding carboxylic acids is 1. The first-order valence-corrected chi connectivity index (χ1v) is 17.1. The number of ether oxygens (including phenoxy) is 1. The van der Waals surface area contributed by atoms with E-state index in [0.29, 0.717) is 6.61 Å². The first-order valence-electron chi connectivity index (χ1n) is 12.7. The van der Waals surface area contributed by atoms with Gasteiger partial charge in [-0.25, -0.2) is 0 Å². The van der Waals surface area contributed by atoms with Crippen LogP contribution in [0.15, 0.2) is 116 Å². The Bertz CT molecular complexity index is 1830. The molecule has 2 aromatic heterocycles. The molecular formula is C31H24N2O4S4. The summed E-state index contributed by atoms with van der Waals surface area (Å²) in [6.45, 7) is 0.690. The fraction of sp³-hybridized carbons (Fsp3) is 0.0968. The van der Waals surface area contributed by atoms with Crippen molar-refractivity contribution < 1.29 is 17.9 Å². The summed E-state index contributed by atoms with van der Waals surface area (Å²) in [5.41, 5.74) is 4.31. The van der Waals surface area contributed by atoms with Gasteiger partial charge in [0.2, 0.25) is 0 Å². The number of benzene rings is 3. The molecule has 1 amide bonds. The van der Waals surface area contributed by atoms with Gasteiger partial charge in [0.15, 0.2) is 0 Å². The molecule has 41 heavy (non-hydrogen) atoms. The number of carbonyl (C=O) groups is 1. The minimum Gasteiger partial charge on any atom is -0.488 e. The molecule has 0 N–H and O–H groups in total. The summed E-state index contributed by atoms with van der Waals surface area (Å²) in [5.74, 6) is 0.430. The molecule has 0 atom stereocenters. The van der Waals surface area contributed by atoms with Gasteiger partial charge in [0, 0.05) is 26.5 Å². The average Bonchev–Trinajstić information content (AvgIpc) is 3.45. The summed E-state index contributed by atoms with van der Waals surface area (Å²) in [5, 5.41) is 3.71. The van der Waals surface area contributed by atoms with Crippen molar-refractivity contribution in [2.75, 3.05) is 12.8 Å². The smallest absolute Gasteiger partial charge is 0.281 e. The summed E-state index contributed by atoms with van der Waals surface area (Å²) in [4.78, 5) is 19.6. The van der Waals surface area contributed by atoms with Crippen molar-refractivity contribution in [1.82, 2.24) is 4.31 Å². The summed E-state index contributed by atoms with van der Waals surface area (Å²) in [6, 6.07) is 28.5. The van der Waals surface area contributed by atoms with Crippen LogP contribution in [0.3, 0.4) is 0 Å². The van der Waals surface area contributed by atoms with Crippen molar-refractivity contribution in [3.8, 4) is 27.3 Å². The maximum atomic E-state index is 13.4. The summed E-state index contributed by atoms with van der Waals surface area (Å²) < 4.78 is 33.6. The third-order valence-electron chi connectivity index (χ3n) is 6.48.